The van der Waals surface area contributed by atoms with Crippen LogP contribution in [0.2, 0.25) is 0 Å². The number of anilines is 3. The molecule has 0 saturated carbocycles. The summed E-state index contributed by atoms with van der Waals surface area (Å²) < 4.78 is 1.02. The maximum atomic E-state index is 4.16. The highest BCUT2D eigenvalue weighted by molar-refractivity contribution is 9.10. The van der Waals surface area contributed by atoms with Crippen molar-refractivity contribution in [2.24, 2.45) is 0 Å². The van der Waals surface area contributed by atoms with Gasteiger partial charge in [-0.25, -0.2) is 9.97 Å². The standard InChI is InChI=1S/C12H13BrN4/c1-8-3-4-10(9(13)5-8)17-12-6-11(14-2)15-7-16-12/h3-7H,1-2H3,(H2,14,15,16,17). The third kappa shape index (κ3) is 2.94. The molecular weight excluding hydrogens is 280 g/mol. The van der Waals surface area contributed by atoms with Crippen molar-refractivity contribution in [3.8, 4) is 0 Å². The Morgan fingerprint density at radius 1 is 1.12 bits per heavy atom. The summed E-state index contributed by atoms with van der Waals surface area (Å²) in [6.45, 7) is 2.05. The first-order chi connectivity index (χ1) is 8.19. The second kappa shape index (κ2) is 5.14. The molecule has 1 heterocycles. The molecule has 0 aliphatic carbocycles. The molecule has 0 spiro atoms. The summed E-state index contributed by atoms with van der Waals surface area (Å²) in [7, 11) is 1.83. The molecule has 0 bridgehead atoms. The highest BCUT2D eigenvalue weighted by Crippen LogP contribution is 2.26. The van der Waals surface area contributed by atoms with E-state index in [1.54, 1.807) is 0 Å². The minimum absolute atomic E-state index is 0.758. The summed E-state index contributed by atoms with van der Waals surface area (Å²) in [5, 5.41) is 6.21. The number of aromatic nitrogens is 2. The lowest BCUT2D eigenvalue weighted by atomic mass is 10.2. The van der Waals surface area contributed by atoms with E-state index in [0.717, 1.165) is 21.8 Å². The zero-order valence-electron chi connectivity index (χ0n) is 9.66. The molecule has 2 aromatic rings. The van der Waals surface area contributed by atoms with Gasteiger partial charge in [-0.2, -0.15) is 0 Å². The number of aryl methyl sites for hydroxylation is 1. The Hall–Kier alpha value is -1.62. The first-order valence-electron chi connectivity index (χ1n) is 5.22. The molecule has 0 atom stereocenters. The molecule has 4 nitrogen and oxygen atoms in total. The average molecular weight is 293 g/mol. The van der Waals surface area contributed by atoms with Gasteiger partial charge in [-0.3, -0.25) is 0 Å². The molecule has 88 valence electrons. The van der Waals surface area contributed by atoms with Crippen molar-refractivity contribution in [3.63, 3.8) is 0 Å². The maximum absolute atomic E-state index is 4.16. The van der Waals surface area contributed by atoms with Crippen LogP contribution in [0.3, 0.4) is 0 Å². The molecule has 1 aromatic heterocycles. The predicted molar refractivity (Wildman–Crippen MR) is 73.7 cm³/mol. The van der Waals surface area contributed by atoms with Gasteiger partial charge in [0.15, 0.2) is 0 Å². The summed E-state index contributed by atoms with van der Waals surface area (Å²) in [5.74, 6) is 1.54. The van der Waals surface area contributed by atoms with E-state index < -0.39 is 0 Å². The molecule has 0 fully saturated rings. The molecule has 17 heavy (non-hydrogen) atoms. The minimum Gasteiger partial charge on any atom is -0.373 e. The van der Waals surface area contributed by atoms with Gasteiger partial charge in [-0.15, -0.1) is 0 Å². The van der Waals surface area contributed by atoms with Gasteiger partial charge in [0, 0.05) is 17.6 Å². The van der Waals surface area contributed by atoms with Crippen molar-refractivity contribution < 1.29 is 0 Å². The fourth-order valence-corrected chi connectivity index (χ4v) is 2.01. The Bertz CT molecular complexity index is 528. The van der Waals surface area contributed by atoms with Crippen molar-refractivity contribution in [2.45, 2.75) is 6.92 Å². The largest absolute Gasteiger partial charge is 0.373 e. The van der Waals surface area contributed by atoms with Crippen LogP contribution in [-0.4, -0.2) is 17.0 Å². The molecule has 0 amide bonds. The summed E-state index contributed by atoms with van der Waals surface area (Å²) in [6, 6.07) is 7.97. The van der Waals surface area contributed by atoms with Crippen molar-refractivity contribution in [1.29, 1.82) is 0 Å². The molecule has 2 N–H and O–H groups in total. The Balaban J connectivity index is 2.25. The lowest BCUT2D eigenvalue weighted by Gasteiger charge is -2.09. The van der Waals surface area contributed by atoms with E-state index in [9.17, 15) is 0 Å². The smallest absolute Gasteiger partial charge is 0.135 e. The van der Waals surface area contributed by atoms with Crippen LogP contribution in [-0.2, 0) is 0 Å². The SMILES string of the molecule is CNc1cc(Nc2ccc(C)cc2Br)ncn1. The molecule has 2 rings (SSSR count). The van der Waals surface area contributed by atoms with Crippen LogP contribution >= 0.6 is 15.9 Å². The normalized spacial score (nSPS) is 10.1. The van der Waals surface area contributed by atoms with Crippen molar-refractivity contribution in [1.82, 2.24) is 9.97 Å². The molecule has 0 radical (unpaired) electrons. The molecular formula is C12H13BrN4. The van der Waals surface area contributed by atoms with Gasteiger partial charge in [-0.05, 0) is 40.5 Å². The van der Waals surface area contributed by atoms with Gasteiger partial charge in [0.1, 0.15) is 18.0 Å². The van der Waals surface area contributed by atoms with Crippen LogP contribution < -0.4 is 10.6 Å². The second-order valence-corrected chi connectivity index (χ2v) is 4.50. The fraction of sp³-hybridized carbons (Fsp3) is 0.167. The van der Waals surface area contributed by atoms with E-state index in [2.05, 4.69) is 49.5 Å². The van der Waals surface area contributed by atoms with Gasteiger partial charge in [0.05, 0.1) is 5.69 Å². The maximum Gasteiger partial charge on any atom is 0.135 e. The topological polar surface area (TPSA) is 49.8 Å². The monoisotopic (exact) mass is 292 g/mol. The van der Waals surface area contributed by atoms with Crippen LogP contribution in [0.5, 0.6) is 0 Å². The highest BCUT2D eigenvalue weighted by atomic mass is 79.9. The lowest BCUT2D eigenvalue weighted by Crippen LogP contribution is -1.98. The second-order valence-electron chi connectivity index (χ2n) is 3.65. The number of nitrogens with one attached hydrogen (secondary N) is 2. The third-order valence-electron chi connectivity index (χ3n) is 2.31. The van der Waals surface area contributed by atoms with Crippen molar-refractivity contribution in [2.75, 3.05) is 17.7 Å². The van der Waals surface area contributed by atoms with Gasteiger partial charge in [-0.1, -0.05) is 6.07 Å². The summed E-state index contributed by atoms with van der Waals surface area (Å²) >= 11 is 3.52. The minimum atomic E-state index is 0.758. The van der Waals surface area contributed by atoms with Gasteiger partial charge in [0.25, 0.3) is 0 Å². The number of benzene rings is 1. The zero-order chi connectivity index (χ0) is 12.3. The van der Waals surface area contributed by atoms with Gasteiger partial charge >= 0.3 is 0 Å². The molecule has 0 unspecified atom stereocenters. The number of halogens is 1. The highest BCUT2D eigenvalue weighted by Gasteiger charge is 2.02. The molecule has 0 aliphatic rings. The zero-order valence-corrected chi connectivity index (χ0v) is 11.2. The Labute approximate surface area is 109 Å². The Kier molecular flexibility index (Phi) is 3.58. The summed E-state index contributed by atoms with van der Waals surface area (Å²) in [5.41, 5.74) is 2.19. The van der Waals surface area contributed by atoms with Crippen LogP contribution in [0.15, 0.2) is 35.1 Å². The van der Waals surface area contributed by atoms with Crippen molar-refractivity contribution >= 4 is 33.3 Å². The number of rotatable bonds is 3. The van der Waals surface area contributed by atoms with E-state index in [1.165, 1.54) is 11.9 Å². The molecule has 0 saturated heterocycles. The Morgan fingerprint density at radius 2 is 1.88 bits per heavy atom. The van der Waals surface area contributed by atoms with E-state index in [4.69, 9.17) is 0 Å². The number of hydrogen-bond acceptors (Lipinski definition) is 4. The lowest BCUT2D eigenvalue weighted by molar-refractivity contribution is 1.16. The predicted octanol–water partition coefficient (Wildman–Crippen LogP) is 3.33. The van der Waals surface area contributed by atoms with Gasteiger partial charge < -0.3 is 10.6 Å². The molecule has 0 aliphatic heterocycles. The molecule has 1 aromatic carbocycles. The van der Waals surface area contributed by atoms with E-state index in [-0.39, 0.29) is 0 Å². The van der Waals surface area contributed by atoms with E-state index in [0.29, 0.717) is 0 Å². The first kappa shape index (κ1) is 11.9. The van der Waals surface area contributed by atoms with Crippen LogP contribution in [0, 0.1) is 6.92 Å². The first-order valence-corrected chi connectivity index (χ1v) is 6.01. The van der Waals surface area contributed by atoms with E-state index >= 15 is 0 Å². The quantitative estimate of drug-likeness (QED) is 0.911. The van der Waals surface area contributed by atoms with Crippen LogP contribution in [0.1, 0.15) is 5.56 Å². The number of nitrogens with zero attached hydrogens (tertiary/aromatic N) is 2. The van der Waals surface area contributed by atoms with E-state index in [1.807, 2.05) is 25.2 Å². The van der Waals surface area contributed by atoms with Crippen molar-refractivity contribution in [3.05, 3.63) is 40.6 Å². The third-order valence-corrected chi connectivity index (χ3v) is 2.97. The molecule has 5 heteroatoms. The summed E-state index contributed by atoms with van der Waals surface area (Å²) in [6.07, 6.45) is 1.52. The average Bonchev–Trinajstić information content (AvgIpc) is 2.33. The van der Waals surface area contributed by atoms with Crippen LogP contribution in [0.25, 0.3) is 0 Å². The number of hydrogen-bond donors (Lipinski definition) is 2. The van der Waals surface area contributed by atoms with Gasteiger partial charge in [0.2, 0.25) is 0 Å². The van der Waals surface area contributed by atoms with Crippen LogP contribution in [0.4, 0.5) is 17.3 Å². The fourth-order valence-electron chi connectivity index (χ4n) is 1.42. The summed E-state index contributed by atoms with van der Waals surface area (Å²) in [4.78, 5) is 8.23. The Morgan fingerprint density at radius 3 is 2.59 bits per heavy atom.